The van der Waals surface area contributed by atoms with Crippen LogP contribution in [0.1, 0.15) is 11.1 Å². The maximum absolute atomic E-state index is 13.9. The molecule has 1 aliphatic rings. The predicted molar refractivity (Wildman–Crippen MR) is 130 cm³/mol. The van der Waals surface area contributed by atoms with E-state index in [0.717, 1.165) is 23.4 Å². The quantitative estimate of drug-likeness (QED) is 0.260. The summed E-state index contributed by atoms with van der Waals surface area (Å²) in [6.45, 7) is 1.65. The first-order chi connectivity index (χ1) is 16.0. The highest BCUT2D eigenvalue weighted by Crippen LogP contribution is 2.43. The predicted octanol–water partition coefficient (Wildman–Crippen LogP) is 4.72. The minimum absolute atomic E-state index is 0.0201. The Labute approximate surface area is 205 Å². The zero-order valence-electron chi connectivity index (χ0n) is 18.2. The Morgan fingerprint density at radius 1 is 1.24 bits per heavy atom. The van der Waals surface area contributed by atoms with Gasteiger partial charge in [-0.2, -0.15) is 18.4 Å². The highest BCUT2D eigenvalue weighted by atomic mass is 35.5. The van der Waals surface area contributed by atoms with Gasteiger partial charge in [-0.3, -0.25) is 5.32 Å². The molecule has 0 spiro atoms. The topological polar surface area (TPSA) is 85.6 Å². The number of rotatable bonds is 5. The molecule has 2 aromatic carbocycles. The van der Waals surface area contributed by atoms with Crippen LogP contribution < -0.4 is 5.32 Å². The van der Waals surface area contributed by atoms with Gasteiger partial charge in [0.2, 0.25) is 0 Å². The van der Waals surface area contributed by atoms with Crippen molar-refractivity contribution in [3.05, 3.63) is 52.5 Å². The molecule has 0 aromatic heterocycles. The van der Waals surface area contributed by atoms with E-state index in [2.05, 4.69) is 15.2 Å². The van der Waals surface area contributed by atoms with Crippen LogP contribution in [0.3, 0.4) is 0 Å². The van der Waals surface area contributed by atoms with Gasteiger partial charge in [-0.05, 0) is 35.9 Å². The van der Waals surface area contributed by atoms with Gasteiger partial charge in [0.25, 0.3) is 0 Å². The molecule has 0 unspecified atom stereocenters. The summed E-state index contributed by atoms with van der Waals surface area (Å²) in [6.07, 6.45) is -0.690. The van der Waals surface area contributed by atoms with Crippen molar-refractivity contribution < 1.29 is 21.6 Å². The number of nitrogens with one attached hydrogen (secondary N) is 1. The van der Waals surface area contributed by atoms with Crippen LogP contribution >= 0.6 is 23.4 Å². The van der Waals surface area contributed by atoms with Crippen molar-refractivity contribution in [1.82, 2.24) is 10.2 Å². The second-order valence-electron chi connectivity index (χ2n) is 7.65. The molecule has 3 rings (SSSR count). The Bertz CT molecular complexity index is 1200. The highest BCUT2D eigenvalue weighted by Gasteiger charge is 2.35. The number of sulfone groups is 1. The summed E-state index contributed by atoms with van der Waals surface area (Å²) in [5.41, 5.74) is 0.169. The molecule has 1 aliphatic heterocycles. The third kappa shape index (κ3) is 6.88. The monoisotopic (exact) mass is 530 g/mol. The third-order valence-corrected chi connectivity index (χ3v) is 7.85. The molecule has 1 heterocycles. The average Bonchev–Trinajstić information content (AvgIpc) is 2.77. The normalized spacial score (nSPS) is 16.8. The van der Waals surface area contributed by atoms with E-state index in [-0.39, 0.29) is 32.9 Å². The van der Waals surface area contributed by atoms with Crippen LogP contribution in [-0.2, 0) is 22.4 Å². The number of nitriles is 1. The third-order valence-electron chi connectivity index (χ3n) is 5.36. The van der Waals surface area contributed by atoms with Gasteiger partial charge in [0.15, 0.2) is 21.2 Å². The number of aliphatic imine (C=N–C) groups is 1. The van der Waals surface area contributed by atoms with E-state index in [0.29, 0.717) is 31.6 Å². The molecule has 34 heavy (non-hydrogen) atoms. The molecule has 0 bridgehead atoms. The zero-order valence-corrected chi connectivity index (χ0v) is 20.6. The number of hydrogen-bond donors (Lipinski definition) is 1. The molecular weight excluding hydrogens is 509 g/mol. The van der Waals surface area contributed by atoms with Crippen LogP contribution in [0.2, 0.25) is 5.02 Å². The number of halogens is 4. The SMILES string of the molecule is CSC(=Nc1cc(Cl)c(-c2ccc(CCN3CCS(=O)(=O)CC3)cc2)c(C(F)(F)F)c1)NC#N. The smallest absolute Gasteiger partial charge is 0.301 e. The number of alkyl halides is 3. The Morgan fingerprint density at radius 2 is 1.88 bits per heavy atom. The van der Waals surface area contributed by atoms with E-state index in [9.17, 15) is 21.6 Å². The molecule has 1 N–H and O–H groups in total. The van der Waals surface area contributed by atoms with E-state index in [1.54, 1.807) is 36.7 Å². The Morgan fingerprint density at radius 3 is 2.44 bits per heavy atom. The Hall–Kier alpha value is -2.26. The lowest BCUT2D eigenvalue weighted by Gasteiger charge is -2.26. The van der Waals surface area contributed by atoms with Crippen molar-refractivity contribution in [2.75, 3.05) is 37.4 Å². The standard InChI is InChI=1S/C22H22ClF3N4O2S2/c1-33-21(28-14-27)29-17-12-18(22(24,25)26)20(19(23)13-17)16-4-2-15(3-5-16)6-7-30-8-10-34(31,32)11-9-30/h2-5,12-13H,6-11H2,1H3,(H,28,29). The van der Waals surface area contributed by atoms with Gasteiger partial charge in [0.05, 0.1) is 27.8 Å². The van der Waals surface area contributed by atoms with Crippen molar-refractivity contribution >= 4 is 44.1 Å². The van der Waals surface area contributed by atoms with E-state index in [1.807, 2.05) is 0 Å². The van der Waals surface area contributed by atoms with E-state index in [4.69, 9.17) is 16.9 Å². The van der Waals surface area contributed by atoms with Crippen LogP contribution in [0.4, 0.5) is 18.9 Å². The minimum atomic E-state index is -4.67. The van der Waals surface area contributed by atoms with Crippen LogP contribution in [-0.4, -0.2) is 55.9 Å². The van der Waals surface area contributed by atoms with Gasteiger partial charge in [-0.15, -0.1) is 0 Å². The lowest BCUT2D eigenvalue weighted by molar-refractivity contribution is -0.137. The van der Waals surface area contributed by atoms with Crippen LogP contribution in [0.5, 0.6) is 0 Å². The molecule has 1 fully saturated rings. The summed E-state index contributed by atoms with van der Waals surface area (Å²) in [7, 11) is -2.94. The Balaban J connectivity index is 1.84. The summed E-state index contributed by atoms with van der Waals surface area (Å²) in [5, 5.41) is 11.1. The Kier molecular flexibility index (Phi) is 8.52. The second kappa shape index (κ2) is 11.0. The van der Waals surface area contributed by atoms with Gasteiger partial charge in [-0.25, -0.2) is 13.4 Å². The average molecular weight is 531 g/mol. The number of hydrogen-bond acceptors (Lipinski definition) is 6. The van der Waals surface area contributed by atoms with Crippen molar-refractivity contribution in [2.24, 2.45) is 4.99 Å². The summed E-state index contributed by atoms with van der Waals surface area (Å²) in [5.74, 6) is 0.297. The molecule has 0 amide bonds. The van der Waals surface area contributed by atoms with Crippen molar-refractivity contribution in [2.45, 2.75) is 12.6 Å². The molecule has 2 aromatic rings. The first kappa shape index (κ1) is 26.3. The molecular formula is C22H22ClF3N4O2S2. The lowest BCUT2D eigenvalue weighted by atomic mass is 9.97. The maximum atomic E-state index is 13.9. The largest absolute Gasteiger partial charge is 0.417 e. The van der Waals surface area contributed by atoms with E-state index >= 15 is 0 Å². The van der Waals surface area contributed by atoms with Crippen molar-refractivity contribution in [3.8, 4) is 17.3 Å². The minimum Gasteiger partial charge on any atom is -0.301 e. The fraction of sp³-hybridized carbons (Fsp3) is 0.364. The summed E-state index contributed by atoms with van der Waals surface area (Å²) >= 11 is 7.37. The first-order valence-corrected chi connectivity index (χ1v) is 13.7. The van der Waals surface area contributed by atoms with Gasteiger partial charge < -0.3 is 4.90 Å². The molecule has 0 aliphatic carbocycles. The molecule has 6 nitrogen and oxygen atoms in total. The van der Waals surface area contributed by atoms with Gasteiger partial charge in [0, 0.05) is 25.2 Å². The number of benzene rings is 2. The van der Waals surface area contributed by atoms with Gasteiger partial charge in [-0.1, -0.05) is 47.6 Å². The fourth-order valence-electron chi connectivity index (χ4n) is 3.56. The number of nitrogens with zero attached hydrogens (tertiary/aromatic N) is 3. The first-order valence-electron chi connectivity index (χ1n) is 10.2. The summed E-state index contributed by atoms with van der Waals surface area (Å²) in [6, 6.07) is 8.94. The molecule has 0 radical (unpaired) electrons. The van der Waals surface area contributed by atoms with Crippen LogP contribution in [0, 0.1) is 11.5 Å². The van der Waals surface area contributed by atoms with E-state index < -0.39 is 21.6 Å². The molecule has 182 valence electrons. The lowest BCUT2D eigenvalue weighted by Crippen LogP contribution is -2.41. The summed E-state index contributed by atoms with van der Waals surface area (Å²) in [4.78, 5) is 6.11. The number of amidine groups is 1. The van der Waals surface area contributed by atoms with Crippen molar-refractivity contribution in [3.63, 3.8) is 0 Å². The highest BCUT2D eigenvalue weighted by molar-refractivity contribution is 8.13. The molecule has 0 saturated carbocycles. The second-order valence-corrected chi connectivity index (χ2v) is 11.2. The summed E-state index contributed by atoms with van der Waals surface area (Å²) < 4.78 is 64.8. The van der Waals surface area contributed by atoms with Gasteiger partial charge in [0.1, 0.15) is 0 Å². The van der Waals surface area contributed by atoms with Crippen LogP contribution in [0.25, 0.3) is 11.1 Å². The molecule has 0 atom stereocenters. The fourth-order valence-corrected chi connectivity index (χ4v) is 5.51. The maximum Gasteiger partial charge on any atom is 0.417 e. The van der Waals surface area contributed by atoms with Crippen molar-refractivity contribution in [1.29, 1.82) is 5.26 Å². The number of thioether (sulfide) groups is 1. The zero-order chi connectivity index (χ0) is 24.9. The van der Waals surface area contributed by atoms with Gasteiger partial charge >= 0.3 is 6.18 Å². The molecule has 1 saturated heterocycles. The molecule has 12 heteroatoms. The van der Waals surface area contributed by atoms with Crippen LogP contribution in [0.15, 0.2) is 41.4 Å². The van der Waals surface area contributed by atoms with E-state index in [1.165, 1.54) is 6.07 Å².